The second kappa shape index (κ2) is 8.97. The molecule has 0 aromatic rings. The van der Waals surface area contributed by atoms with Gasteiger partial charge in [0.1, 0.15) is 0 Å². The van der Waals surface area contributed by atoms with Crippen LogP contribution >= 0.6 is 0 Å². The van der Waals surface area contributed by atoms with Crippen LogP contribution in [0.15, 0.2) is 0 Å². The Kier molecular flexibility index (Phi) is 8.88. The van der Waals surface area contributed by atoms with Crippen molar-refractivity contribution in [3.63, 3.8) is 0 Å². The van der Waals surface area contributed by atoms with Gasteiger partial charge in [-0.25, -0.2) is 0 Å². The molecule has 0 aliphatic heterocycles. The molecule has 3 nitrogen and oxygen atoms in total. The number of rotatable bonds is 8. The molecule has 0 saturated heterocycles. The highest BCUT2D eigenvalue weighted by molar-refractivity contribution is 4.57. The molecule has 12 heavy (non-hydrogen) atoms. The molecule has 74 valence electrons. The Morgan fingerprint density at radius 2 is 1.92 bits per heavy atom. The van der Waals surface area contributed by atoms with Crippen molar-refractivity contribution in [3.8, 4) is 0 Å². The molecule has 0 bridgehead atoms. The Bertz CT molecular complexity index is 82.6. The summed E-state index contributed by atoms with van der Waals surface area (Å²) in [7, 11) is 0. The third kappa shape index (κ3) is 6.58. The Hall–Kier alpha value is -0.120. The van der Waals surface area contributed by atoms with E-state index in [1.54, 1.807) is 0 Å². The first kappa shape index (κ1) is 11.9. The van der Waals surface area contributed by atoms with Crippen molar-refractivity contribution < 1.29 is 5.11 Å². The molecule has 3 heteroatoms. The molecule has 0 unspecified atom stereocenters. The van der Waals surface area contributed by atoms with Crippen LogP contribution < -0.4 is 5.73 Å². The zero-order chi connectivity index (χ0) is 9.23. The molecule has 0 rings (SSSR count). The van der Waals surface area contributed by atoms with Crippen molar-refractivity contribution in [1.82, 2.24) is 4.90 Å². The first-order valence-corrected chi connectivity index (χ1v) is 4.88. The van der Waals surface area contributed by atoms with Crippen molar-refractivity contribution in [2.75, 3.05) is 32.8 Å². The molecule has 0 aromatic carbocycles. The number of aliphatic hydroxyl groups is 1. The lowest BCUT2D eigenvalue weighted by molar-refractivity contribution is 0.197. The molecule has 0 fully saturated rings. The van der Waals surface area contributed by atoms with E-state index in [2.05, 4.69) is 11.8 Å². The molecule has 0 aliphatic carbocycles. The number of hydrogen-bond donors (Lipinski definition) is 2. The molecular weight excluding hydrogens is 152 g/mol. The summed E-state index contributed by atoms with van der Waals surface area (Å²) in [6.45, 7) is 5.87. The van der Waals surface area contributed by atoms with Gasteiger partial charge in [0.25, 0.3) is 0 Å². The molecule has 0 heterocycles. The Balaban J connectivity index is 3.34. The van der Waals surface area contributed by atoms with Gasteiger partial charge in [0.2, 0.25) is 0 Å². The van der Waals surface area contributed by atoms with Crippen LogP contribution in [-0.4, -0.2) is 42.8 Å². The van der Waals surface area contributed by atoms with Gasteiger partial charge < -0.3 is 10.8 Å². The molecule has 0 spiro atoms. The van der Waals surface area contributed by atoms with E-state index in [4.69, 9.17) is 10.8 Å². The highest BCUT2D eigenvalue weighted by atomic mass is 16.3. The maximum Gasteiger partial charge on any atom is 0.0558 e. The van der Waals surface area contributed by atoms with Crippen LogP contribution in [0.5, 0.6) is 0 Å². The minimum atomic E-state index is 0.242. The summed E-state index contributed by atoms with van der Waals surface area (Å²) in [5.74, 6) is 0. The molecule has 0 atom stereocenters. The summed E-state index contributed by atoms with van der Waals surface area (Å²) in [6.07, 6.45) is 3.73. The van der Waals surface area contributed by atoms with Gasteiger partial charge in [-0.15, -0.1) is 0 Å². The first-order chi connectivity index (χ1) is 5.85. The van der Waals surface area contributed by atoms with Crippen molar-refractivity contribution in [1.29, 1.82) is 0 Å². The predicted octanol–water partition coefficient (Wildman–Crippen LogP) is 0.430. The monoisotopic (exact) mass is 174 g/mol. The van der Waals surface area contributed by atoms with E-state index in [-0.39, 0.29) is 6.61 Å². The molecule has 0 radical (unpaired) electrons. The van der Waals surface area contributed by atoms with Crippen LogP contribution in [0.2, 0.25) is 0 Å². The lowest BCUT2D eigenvalue weighted by Gasteiger charge is -2.19. The second-order valence-electron chi connectivity index (χ2n) is 3.06. The van der Waals surface area contributed by atoms with Crippen LogP contribution in [0.1, 0.15) is 26.2 Å². The third-order valence-electron chi connectivity index (χ3n) is 1.94. The van der Waals surface area contributed by atoms with Gasteiger partial charge >= 0.3 is 0 Å². The van der Waals surface area contributed by atoms with E-state index >= 15 is 0 Å². The molecule has 0 aromatic heterocycles. The molecular formula is C9H22N2O. The average Bonchev–Trinajstić information content (AvgIpc) is 2.06. The summed E-state index contributed by atoms with van der Waals surface area (Å²) in [5.41, 5.74) is 5.44. The van der Waals surface area contributed by atoms with Crippen molar-refractivity contribution in [2.24, 2.45) is 5.73 Å². The standard InChI is InChI=1S/C9H22N2O/c1-2-3-4-6-11(7-5-10)8-9-12/h12H,2-10H2,1H3. The van der Waals surface area contributed by atoms with Gasteiger partial charge in [-0.2, -0.15) is 0 Å². The van der Waals surface area contributed by atoms with Gasteiger partial charge in [0, 0.05) is 19.6 Å². The summed E-state index contributed by atoms with van der Waals surface area (Å²) in [6, 6.07) is 0. The number of nitrogens with zero attached hydrogens (tertiary/aromatic N) is 1. The molecule has 0 amide bonds. The van der Waals surface area contributed by atoms with E-state index < -0.39 is 0 Å². The topological polar surface area (TPSA) is 49.5 Å². The van der Waals surface area contributed by atoms with Crippen LogP contribution in [0.4, 0.5) is 0 Å². The number of unbranched alkanes of at least 4 members (excludes halogenated alkanes) is 2. The number of hydrogen-bond acceptors (Lipinski definition) is 3. The fraction of sp³-hybridized carbons (Fsp3) is 1.00. The SMILES string of the molecule is CCCCCN(CCN)CCO. The Morgan fingerprint density at radius 3 is 2.42 bits per heavy atom. The normalized spacial score (nSPS) is 11.0. The van der Waals surface area contributed by atoms with E-state index in [9.17, 15) is 0 Å². The van der Waals surface area contributed by atoms with Crippen LogP contribution in [-0.2, 0) is 0 Å². The minimum absolute atomic E-state index is 0.242. The predicted molar refractivity (Wildman–Crippen MR) is 52.1 cm³/mol. The van der Waals surface area contributed by atoms with Gasteiger partial charge in [-0.3, -0.25) is 4.90 Å². The van der Waals surface area contributed by atoms with Crippen molar-refractivity contribution in [3.05, 3.63) is 0 Å². The summed E-state index contributed by atoms with van der Waals surface area (Å²) in [4.78, 5) is 2.22. The van der Waals surface area contributed by atoms with Gasteiger partial charge in [-0.05, 0) is 13.0 Å². The number of nitrogens with two attached hydrogens (primary N) is 1. The molecule has 3 N–H and O–H groups in total. The summed E-state index contributed by atoms with van der Waals surface area (Å²) < 4.78 is 0. The van der Waals surface area contributed by atoms with E-state index in [0.717, 1.165) is 19.6 Å². The highest BCUT2D eigenvalue weighted by Gasteiger charge is 2.01. The zero-order valence-electron chi connectivity index (χ0n) is 8.13. The van der Waals surface area contributed by atoms with Crippen molar-refractivity contribution >= 4 is 0 Å². The summed E-state index contributed by atoms with van der Waals surface area (Å²) >= 11 is 0. The fourth-order valence-corrected chi connectivity index (χ4v) is 1.24. The quantitative estimate of drug-likeness (QED) is 0.525. The minimum Gasteiger partial charge on any atom is -0.395 e. The number of aliphatic hydroxyl groups excluding tert-OH is 1. The van der Waals surface area contributed by atoms with Crippen LogP contribution in [0.25, 0.3) is 0 Å². The lowest BCUT2D eigenvalue weighted by atomic mass is 10.2. The van der Waals surface area contributed by atoms with Gasteiger partial charge in [-0.1, -0.05) is 19.8 Å². The molecule has 0 saturated carbocycles. The average molecular weight is 174 g/mol. The first-order valence-electron chi connectivity index (χ1n) is 4.88. The fourth-order valence-electron chi connectivity index (χ4n) is 1.24. The summed E-state index contributed by atoms with van der Waals surface area (Å²) in [5, 5.41) is 8.74. The highest BCUT2D eigenvalue weighted by Crippen LogP contribution is 1.97. The molecule has 0 aliphatic rings. The lowest BCUT2D eigenvalue weighted by Crippen LogP contribution is -2.32. The van der Waals surface area contributed by atoms with Crippen LogP contribution in [0, 0.1) is 0 Å². The van der Waals surface area contributed by atoms with Crippen LogP contribution in [0.3, 0.4) is 0 Å². The van der Waals surface area contributed by atoms with E-state index in [0.29, 0.717) is 6.54 Å². The van der Waals surface area contributed by atoms with Gasteiger partial charge in [0.15, 0.2) is 0 Å². The maximum absolute atomic E-state index is 8.74. The largest absolute Gasteiger partial charge is 0.395 e. The third-order valence-corrected chi connectivity index (χ3v) is 1.94. The van der Waals surface area contributed by atoms with Gasteiger partial charge in [0.05, 0.1) is 6.61 Å². The maximum atomic E-state index is 8.74. The Labute approximate surface area is 75.6 Å². The van der Waals surface area contributed by atoms with E-state index in [1.165, 1.54) is 19.3 Å². The Morgan fingerprint density at radius 1 is 1.17 bits per heavy atom. The van der Waals surface area contributed by atoms with E-state index in [1.807, 2.05) is 0 Å². The zero-order valence-corrected chi connectivity index (χ0v) is 8.13. The van der Waals surface area contributed by atoms with Crippen molar-refractivity contribution in [2.45, 2.75) is 26.2 Å². The smallest absolute Gasteiger partial charge is 0.0558 e. The second-order valence-corrected chi connectivity index (χ2v) is 3.06.